The summed E-state index contributed by atoms with van der Waals surface area (Å²) in [7, 11) is 0. The van der Waals surface area contributed by atoms with Gasteiger partial charge in [-0.2, -0.15) is 0 Å². The van der Waals surface area contributed by atoms with E-state index in [9.17, 15) is 15.0 Å². The molecule has 0 fully saturated rings. The molecule has 0 aliphatic carbocycles. The van der Waals surface area contributed by atoms with Crippen LogP contribution in [0.2, 0.25) is 0 Å². The van der Waals surface area contributed by atoms with E-state index in [1.54, 1.807) is 0 Å². The molecule has 0 aromatic rings. The summed E-state index contributed by atoms with van der Waals surface area (Å²) in [4.78, 5) is 12.4. The lowest BCUT2D eigenvalue weighted by molar-refractivity contribution is -0.123. The molecule has 51 heavy (non-hydrogen) atoms. The number of unbranched alkanes of at least 4 members (excludes halogenated alkanes) is 28. The number of hydrogen-bond donors (Lipinski definition) is 3. The van der Waals surface area contributed by atoms with E-state index in [1.807, 2.05) is 0 Å². The Balaban J connectivity index is 3.47. The Labute approximate surface area is 319 Å². The first kappa shape index (κ1) is 49.6. The summed E-state index contributed by atoms with van der Waals surface area (Å²) in [6.07, 6.45) is 56.7. The van der Waals surface area contributed by atoms with Crippen molar-refractivity contribution >= 4 is 5.91 Å². The molecule has 0 aromatic heterocycles. The Hall–Kier alpha value is -1.39. The number of carbonyl (C=O) groups excluding carboxylic acids is 1. The second-order valence-electron chi connectivity index (χ2n) is 15.4. The number of amides is 1. The highest BCUT2D eigenvalue weighted by Crippen LogP contribution is 2.17. The standard InChI is InChI=1S/C47H89NO3/c1-3-5-7-9-11-13-15-17-18-19-20-21-22-23-24-25-26-27-28-29-31-32-34-36-38-40-42-46(50)45(44-49)48-47(51)43-41-39-37-35-33-30-16-14-12-10-8-6-4-2/h6,8,12,14,30,33,45-46,49-50H,3-5,7,9-11,13,15-29,31-32,34-44H2,1-2H3,(H,48,51)/b8-6-,14-12-,33-30-. The van der Waals surface area contributed by atoms with Gasteiger partial charge >= 0.3 is 0 Å². The molecule has 0 saturated carbocycles. The van der Waals surface area contributed by atoms with Crippen molar-refractivity contribution in [2.24, 2.45) is 0 Å². The van der Waals surface area contributed by atoms with Crippen molar-refractivity contribution in [3.05, 3.63) is 36.5 Å². The van der Waals surface area contributed by atoms with Crippen LogP contribution in [0, 0.1) is 0 Å². The lowest BCUT2D eigenvalue weighted by Gasteiger charge is -2.22. The highest BCUT2D eigenvalue weighted by atomic mass is 16.3. The number of aliphatic hydroxyl groups is 2. The second kappa shape index (κ2) is 43.0. The summed E-state index contributed by atoms with van der Waals surface area (Å²) < 4.78 is 0. The first-order valence-electron chi connectivity index (χ1n) is 22.7. The van der Waals surface area contributed by atoms with Gasteiger partial charge in [-0.15, -0.1) is 0 Å². The predicted molar refractivity (Wildman–Crippen MR) is 225 cm³/mol. The van der Waals surface area contributed by atoms with Crippen molar-refractivity contribution in [2.75, 3.05) is 6.61 Å². The van der Waals surface area contributed by atoms with Gasteiger partial charge in [0.1, 0.15) is 0 Å². The maximum atomic E-state index is 12.4. The SMILES string of the molecule is CC/C=C\C/C=C\C/C=C\CCCCCC(=O)NC(CO)C(O)CCCCCCCCCCCCCCCCCCCCCCCCCCCC. The molecule has 0 aliphatic heterocycles. The number of nitrogens with one attached hydrogen (secondary N) is 1. The van der Waals surface area contributed by atoms with Gasteiger partial charge in [-0.25, -0.2) is 0 Å². The average molecular weight is 716 g/mol. The molecular formula is C47H89NO3. The summed E-state index contributed by atoms with van der Waals surface area (Å²) in [5.41, 5.74) is 0. The Morgan fingerprint density at radius 1 is 0.490 bits per heavy atom. The van der Waals surface area contributed by atoms with E-state index >= 15 is 0 Å². The normalized spacial score (nSPS) is 13.3. The molecule has 1 amide bonds. The quantitative estimate of drug-likeness (QED) is 0.0436. The summed E-state index contributed by atoms with van der Waals surface area (Å²) >= 11 is 0. The van der Waals surface area contributed by atoms with Crippen LogP contribution in [-0.2, 0) is 4.79 Å². The van der Waals surface area contributed by atoms with Crippen LogP contribution >= 0.6 is 0 Å². The molecule has 3 N–H and O–H groups in total. The molecule has 0 spiro atoms. The van der Waals surface area contributed by atoms with Crippen LogP contribution < -0.4 is 5.32 Å². The van der Waals surface area contributed by atoms with Gasteiger partial charge in [-0.1, -0.05) is 224 Å². The third kappa shape index (κ3) is 39.6. The van der Waals surface area contributed by atoms with E-state index in [4.69, 9.17) is 0 Å². The van der Waals surface area contributed by atoms with E-state index in [-0.39, 0.29) is 12.5 Å². The molecule has 0 rings (SSSR count). The molecule has 0 bridgehead atoms. The minimum absolute atomic E-state index is 0.0593. The van der Waals surface area contributed by atoms with Gasteiger partial charge in [0.2, 0.25) is 5.91 Å². The summed E-state index contributed by atoms with van der Waals surface area (Å²) in [6.45, 7) is 4.24. The highest BCUT2D eigenvalue weighted by Gasteiger charge is 2.19. The molecule has 0 aromatic carbocycles. The van der Waals surface area contributed by atoms with Crippen LogP contribution in [0.3, 0.4) is 0 Å². The zero-order valence-corrected chi connectivity index (χ0v) is 34.4. The van der Waals surface area contributed by atoms with Crippen LogP contribution in [0.4, 0.5) is 0 Å². The fraction of sp³-hybridized carbons (Fsp3) is 0.851. The first-order valence-corrected chi connectivity index (χ1v) is 22.7. The Kier molecular flexibility index (Phi) is 41.8. The van der Waals surface area contributed by atoms with Crippen molar-refractivity contribution in [3.8, 4) is 0 Å². The zero-order chi connectivity index (χ0) is 37.1. The summed E-state index contributed by atoms with van der Waals surface area (Å²) in [5.74, 6) is -0.0593. The van der Waals surface area contributed by atoms with Gasteiger partial charge in [0.25, 0.3) is 0 Å². The smallest absolute Gasteiger partial charge is 0.220 e. The molecule has 2 unspecified atom stereocenters. The maximum absolute atomic E-state index is 12.4. The van der Waals surface area contributed by atoms with Gasteiger partial charge in [0.05, 0.1) is 18.8 Å². The van der Waals surface area contributed by atoms with E-state index in [0.717, 1.165) is 57.8 Å². The van der Waals surface area contributed by atoms with Crippen LogP contribution in [0.15, 0.2) is 36.5 Å². The second-order valence-corrected chi connectivity index (χ2v) is 15.4. The lowest BCUT2D eigenvalue weighted by atomic mass is 10.0. The number of aliphatic hydroxyl groups excluding tert-OH is 2. The topological polar surface area (TPSA) is 69.6 Å². The van der Waals surface area contributed by atoms with Crippen LogP contribution in [0.1, 0.15) is 239 Å². The fourth-order valence-electron chi connectivity index (χ4n) is 6.96. The van der Waals surface area contributed by atoms with Crippen molar-refractivity contribution in [1.29, 1.82) is 0 Å². The van der Waals surface area contributed by atoms with Crippen molar-refractivity contribution in [2.45, 2.75) is 251 Å². The largest absolute Gasteiger partial charge is 0.394 e. The Morgan fingerprint density at radius 3 is 1.27 bits per heavy atom. The van der Waals surface area contributed by atoms with Gasteiger partial charge in [-0.3, -0.25) is 4.79 Å². The minimum Gasteiger partial charge on any atom is -0.394 e. The molecule has 2 atom stereocenters. The average Bonchev–Trinajstić information content (AvgIpc) is 3.13. The van der Waals surface area contributed by atoms with Gasteiger partial charge < -0.3 is 15.5 Å². The number of hydrogen-bond acceptors (Lipinski definition) is 3. The van der Waals surface area contributed by atoms with E-state index in [2.05, 4.69) is 55.6 Å². The van der Waals surface area contributed by atoms with Crippen molar-refractivity contribution < 1.29 is 15.0 Å². The number of allylic oxidation sites excluding steroid dienone is 6. The molecule has 0 aliphatic rings. The summed E-state index contributed by atoms with van der Waals surface area (Å²) in [5, 5.41) is 23.1. The molecule has 4 nitrogen and oxygen atoms in total. The van der Waals surface area contributed by atoms with E-state index in [1.165, 1.54) is 154 Å². The summed E-state index contributed by atoms with van der Waals surface area (Å²) in [6, 6.07) is -0.551. The Morgan fingerprint density at radius 2 is 0.863 bits per heavy atom. The number of carbonyl (C=O) groups is 1. The third-order valence-corrected chi connectivity index (χ3v) is 10.4. The highest BCUT2D eigenvalue weighted by molar-refractivity contribution is 5.76. The molecule has 0 heterocycles. The maximum Gasteiger partial charge on any atom is 0.220 e. The fourth-order valence-corrected chi connectivity index (χ4v) is 6.96. The van der Waals surface area contributed by atoms with E-state index in [0.29, 0.717) is 12.8 Å². The molecule has 0 radical (unpaired) electrons. The van der Waals surface area contributed by atoms with Gasteiger partial charge in [-0.05, 0) is 44.9 Å². The monoisotopic (exact) mass is 716 g/mol. The van der Waals surface area contributed by atoms with Crippen molar-refractivity contribution in [1.82, 2.24) is 5.32 Å². The van der Waals surface area contributed by atoms with Crippen LogP contribution in [0.5, 0.6) is 0 Å². The van der Waals surface area contributed by atoms with Crippen LogP contribution in [0.25, 0.3) is 0 Å². The minimum atomic E-state index is -0.671. The lowest BCUT2D eigenvalue weighted by Crippen LogP contribution is -2.45. The third-order valence-electron chi connectivity index (χ3n) is 10.4. The van der Waals surface area contributed by atoms with Crippen LogP contribution in [-0.4, -0.2) is 34.9 Å². The van der Waals surface area contributed by atoms with E-state index < -0.39 is 12.1 Å². The predicted octanol–water partition coefficient (Wildman–Crippen LogP) is 14.2. The Bertz CT molecular complexity index is 775. The molecular weight excluding hydrogens is 627 g/mol. The van der Waals surface area contributed by atoms with Gasteiger partial charge in [0.15, 0.2) is 0 Å². The molecule has 300 valence electrons. The zero-order valence-electron chi connectivity index (χ0n) is 34.4. The van der Waals surface area contributed by atoms with Gasteiger partial charge in [0, 0.05) is 6.42 Å². The molecule has 0 saturated heterocycles. The molecule has 4 heteroatoms. The number of rotatable bonds is 41. The van der Waals surface area contributed by atoms with Crippen molar-refractivity contribution in [3.63, 3.8) is 0 Å². The first-order chi connectivity index (χ1) is 25.2.